The highest BCUT2D eigenvalue weighted by Crippen LogP contribution is 2.20. The van der Waals surface area contributed by atoms with E-state index in [0.29, 0.717) is 6.54 Å². The van der Waals surface area contributed by atoms with E-state index in [1.54, 1.807) is 7.05 Å². The lowest BCUT2D eigenvalue weighted by Crippen LogP contribution is -2.38. The summed E-state index contributed by atoms with van der Waals surface area (Å²) in [5, 5.41) is 6.89. The number of nitrogens with one attached hydrogen (secondary N) is 2. The maximum atomic E-state index is 11.6. The van der Waals surface area contributed by atoms with Crippen molar-refractivity contribution in [2.75, 3.05) is 51.8 Å². The number of amides is 1. The Labute approximate surface area is 148 Å². The van der Waals surface area contributed by atoms with Crippen molar-refractivity contribution < 1.29 is 9.53 Å². The van der Waals surface area contributed by atoms with Gasteiger partial charge in [0.1, 0.15) is 0 Å². The number of carbonyl (C=O) groups excluding carboxylic acids is 1. The lowest BCUT2D eigenvalue weighted by atomic mass is 10.2. The maximum Gasteiger partial charge on any atom is 0.238 e. The summed E-state index contributed by atoms with van der Waals surface area (Å²) in [6.07, 6.45) is 2.12. The molecule has 0 aliphatic carbocycles. The van der Waals surface area contributed by atoms with Gasteiger partial charge in [0.15, 0.2) is 0 Å². The zero-order valence-corrected chi connectivity index (χ0v) is 14.8. The molecule has 1 aliphatic heterocycles. The molecule has 2 N–H and O–H groups in total. The van der Waals surface area contributed by atoms with Gasteiger partial charge in [-0.1, -0.05) is 0 Å². The van der Waals surface area contributed by atoms with Gasteiger partial charge in [-0.2, -0.15) is 0 Å². The normalized spacial score (nSPS) is 15.2. The molecule has 1 saturated heterocycles. The van der Waals surface area contributed by atoms with Gasteiger partial charge in [0.05, 0.1) is 19.8 Å². The standard InChI is InChI=1S/C17H24N4O2.ClH/c1-18-13-17(22)19-15-2-3-16-14(12-15)4-5-21(16)7-6-20-8-10-23-11-9-20;/h2-5,12,18H,6-11,13H2,1H3,(H,19,22);1H. The van der Waals surface area contributed by atoms with Crippen molar-refractivity contribution in [1.82, 2.24) is 14.8 Å². The predicted molar refractivity (Wildman–Crippen MR) is 99.0 cm³/mol. The van der Waals surface area contributed by atoms with Crippen molar-refractivity contribution in [3.63, 3.8) is 0 Å². The minimum Gasteiger partial charge on any atom is -0.379 e. The van der Waals surface area contributed by atoms with Crippen LogP contribution in [-0.4, -0.2) is 61.8 Å². The van der Waals surface area contributed by atoms with E-state index in [0.717, 1.165) is 50.5 Å². The first kappa shape index (κ1) is 18.7. The van der Waals surface area contributed by atoms with Gasteiger partial charge in [-0.15, -0.1) is 12.4 Å². The summed E-state index contributed by atoms with van der Waals surface area (Å²) in [4.78, 5) is 14.1. The molecule has 7 heteroatoms. The summed E-state index contributed by atoms with van der Waals surface area (Å²) >= 11 is 0. The largest absolute Gasteiger partial charge is 0.379 e. The van der Waals surface area contributed by atoms with Crippen molar-refractivity contribution in [3.8, 4) is 0 Å². The fraction of sp³-hybridized carbons (Fsp3) is 0.471. The molecule has 0 saturated carbocycles. The molecule has 1 aromatic heterocycles. The van der Waals surface area contributed by atoms with Crippen LogP contribution < -0.4 is 10.6 Å². The number of hydrogen-bond acceptors (Lipinski definition) is 4. The van der Waals surface area contributed by atoms with Gasteiger partial charge in [-0.05, 0) is 31.3 Å². The highest BCUT2D eigenvalue weighted by atomic mass is 35.5. The second-order valence-corrected chi connectivity index (χ2v) is 5.82. The summed E-state index contributed by atoms with van der Waals surface area (Å²) in [5.74, 6) is -0.0291. The van der Waals surface area contributed by atoms with Crippen LogP contribution in [0.15, 0.2) is 30.5 Å². The Hall–Kier alpha value is -1.60. The van der Waals surface area contributed by atoms with Crippen LogP contribution in [0, 0.1) is 0 Å². The van der Waals surface area contributed by atoms with Crippen molar-refractivity contribution in [3.05, 3.63) is 30.5 Å². The fourth-order valence-corrected chi connectivity index (χ4v) is 2.91. The van der Waals surface area contributed by atoms with E-state index < -0.39 is 0 Å². The molecule has 1 aliphatic rings. The monoisotopic (exact) mass is 352 g/mol. The van der Waals surface area contributed by atoms with E-state index >= 15 is 0 Å². The van der Waals surface area contributed by atoms with Gasteiger partial charge >= 0.3 is 0 Å². The van der Waals surface area contributed by atoms with Gasteiger partial charge in [0.2, 0.25) is 5.91 Å². The second kappa shape index (κ2) is 9.03. The van der Waals surface area contributed by atoms with E-state index in [9.17, 15) is 4.79 Å². The van der Waals surface area contributed by atoms with E-state index in [1.165, 1.54) is 5.52 Å². The number of fused-ring (bicyclic) bond motifs is 1. The van der Waals surface area contributed by atoms with Crippen LogP contribution in [0.1, 0.15) is 0 Å². The van der Waals surface area contributed by atoms with Crippen LogP contribution in [0.5, 0.6) is 0 Å². The average molecular weight is 353 g/mol. The number of nitrogens with zero attached hydrogens (tertiary/aromatic N) is 2. The third-order valence-corrected chi connectivity index (χ3v) is 4.15. The minimum absolute atomic E-state index is 0. The Morgan fingerprint density at radius 3 is 2.75 bits per heavy atom. The maximum absolute atomic E-state index is 11.6. The number of morpholine rings is 1. The molecule has 0 unspecified atom stereocenters. The number of aromatic nitrogens is 1. The van der Waals surface area contributed by atoms with Gasteiger partial charge < -0.3 is 19.9 Å². The van der Waals surface area contributed by atoms with Crippen molar-refractivity contribution in [2.45, 2.75) is 6.54 Å². The molecular formula is C17H25ClN4O2. The summed E-state index contributed by atoms with van der Waals surface area (Å²) in [6, 6.07) is 8.15. The smallest absolute Gasteiger partial charge is 0.238 e. The molecule has 1 fully saturated rings. The van der Waals surface area contributed by atoms with Crippen LogP contribution in [0.4, 0.5) is 5.69 Å². The fourth-order valence-electron chi connectivity index (χ4n) is 2.91. The summed E-state index contributed by atoms with van der Waals surface area (Å²) in [6.45, 7) is 6.02. The molecule has 3 rings (SSSR count). The zero-order chi connectivity index (χ0) is 16.1. The molecule has 24 heavy (non-hydrogen) atoms. The minimum atomic E-state index is -0.0291. The Morgan fingerprint density at radius 2 is 2.00 bits per heavy atom. The highest BCUT2D eigenvalue weighted by molar-refractivity contribution is 5.95. The number of benzene rings is 1. The van der Waals surface area contributed by atoms with E-state index in [-0.39, 0.29) is 18.3 Å². The van der Waals surface area contributed by atoms with Crippen molar-refractivity contribution >= 4 is 34.9 Å². The summed E-state index contributed by atoms with van der Waals surface area (Å²) in [7, 11) is 1.76. The SMILES string of the molecule is CNCC(=O)Nc1ccc2c(ccn2CCN2CCOCC2)c1.Cl. The Kier molecular flexibility index (Phi) is 7.05. The van der Waals surface area contributed by atoms with Gasteiger partial charge in [0, 0.05) is 49.0 Å². The molecule has 2 heterocycles. The van der Waals surface area contributed by atoms with E-state index in [4.69, 9.17) is 4.74 Å². The van der Waals surface area contributed by atoms with Crippen LogP contribution in [0.3, 0.4) is 0 Å². The first-order valence-electron chi connectivity index (χ1n) is 8.10. The zero-order valence-electron chi connectivity index (χ0n) is 14.0. The van der Waals surface area contributed by atoms with Crippen LogP contribution >= 0.6 is 12.4 Å². The Bertz CT molecular complexity index is 668. The van der Waals surface area contributed by atoms with Crippen molar-refractivity contribution in [1.29, 1.82) is 0 Å². The first-order chi connectivity index (χ1) is 11.3. The number of likely N-dealkylation sites (N-methyl/N-ethyl adjacent to an activating group) is 1. The van der Waals surface area contributed by atoms with Crippen LogP contribution in [0.2, 0.25) is 0 Å². The molecule has 132 valence electrons. The van der Waals surface area contributed by atoms with Gasteiger partial charge in [-0.25, -0.2) is 0 Å². The quantitative estimate of drug-likeness (QED) is 0.828. The van der Waals surface area contributed by atoms with E-state index in [1.807, 2.05) is 12.1 Å². The van der Waals surface area contributed by atoms with Gasteiger partial charge in [-0.3, -0.25) is 9.69 Å². The lowest BCUT2D eigenvalue weighted by Gasteiger charge is -2.26. The van der Waals surface area contributed by atoms with Crippen molar-refractivity contribution in [2.24, 2.45) is 0 Å². The third kappa shape index (κ3) is 4.70. The number of carbonyl (C=O) groups is 1. The van der Waals surface area contributed by atoms with Crippen LogP contribution in [-0.2, 0) is 16.1 Å². The lowest BCUT2D eigenvalue weighted by molar-refractivity contribution is -0.115. The second-order valence-electron chi connectivity index (χ2n) is 5.82. The number of ether oxygens (including phenoxy) is 1. The number of rotatable bonds is 6. The molecule has 6 nitrogen and oxygen atoms in total. The van der Waals surface area contributed by atoms with Crippen LogP contribution in [0.25, 0.3) is 10.9 Å². The Balaban J connectivity index is 0.00000208. The number of hydrogen-bond donors (Lipinski definition) is 2. The van der Waals surface area contributed by atoms with Gasteiger partial charge in [0.25, 0.3) is 0 Å². The molecule has 0 bridgehead atoms. The molecule has 2 aromatic rings. The predicted octanol–water partition coefficient (Wildman–Crippen LogP) is 1.55. The molecular weight excluding hydrogens is 328 g/mol. The highest BCUT2D eigenvalue weighted by Gasteiger charge is 2.11. The molecule has 0 atom stereocenters. The first-order valence-corrected chi connectivity index (χ1v) is 8.10. The molecule has 1 aromatic carbocycles. The topological polar surface area (TPSA) is 58.5 Å². The average Bonchev–Trinajstić information content (AvgIpc) is 2.96. The summed E-state index contributed by atoms with van der Waals surface area (Å²) < 4.78 is 7.65. The van der Waals surface area contributed by atoms with E-state index in [2.05, 4.69) is 38.4 Å². The molecule has 0 spiro atoms. The molecule has 1 amide bonds. The number of anilines is 1. The Morgan fingerprint density at radius 1 is 1.21 bits per heavy atom. The number of halogens is 1. The third-order valence-electron chi connectivity index (χ3n) is 4.15. The molecule has 0 radical (unpaired) electrons. The summed E-state index contributed by atoms with van der Waals surface area (Å²) in [5.41, 5.74) is 2.04.